The van der Waals surface area contributed by atoms with E-state index in [0.29, 0.717) is 18.3 Å². The maximum absolute atomic E-state index is 9.54. The SMILES string of the molecule is COc1cc(CCN=C(N)N2CCSCC2)ccc1O. The number of phenols is 1. The molecule has 0 atom stereocenters. The molecule has 20 heavy (non-hydrogen) atoms. The van der Waals surface area contributed by atoms with Crippen LogP contribution in [0.1, 0.15) is 5.56 Å². The Hall–Kier alpha value is -1.56. The largest absolute Gasteiger partial charge is 0.504 e. The van der Waals surface area contributed by atoms with Crippen LogP contribution in [0.5, 0.6) is 11.5 Å². The molecule has 6 heteroatoms. The summed E-state index contributed by atoms with van der Waals surface area (Å²) in [5, 5.41) is 9.54. The number of benzene rings is 1. The Bertz CT molecular complexity index is 473. The van der Waals surface area contributed by atoms with Gasteiger partial charge in [-0.25, -0.2) is 0 Å². The zero-order valence-electron chi connectivity index (χ0n) is 11.7. The first-order valence-electron chi connectivity index (χ1n) is 6.69. The highest BCUT2D eigenvalue weighted by molar-refractivity contribution is 7.99. The fraction of sp³-hybridized carbons (Fsp3) is 0.500. The molecular formula is C14H21N3O2S. The summed E-state index contributed by atoms with van der Waals surface area (Å²) in [4.78, 5) is 6.56. The lowest BCUT2D eigenvalue weighted by atomic mass is 10.1. The van der Waals surface area contributed by atoms with E-state index < -0.39 is 0 Å². The summed E-state index contributed by atoms with van der Waals surface area (Å²) in [5.74, 6) is 3.52. The number of hydrogen-bond donors (Lipinski definition) is 2. The predicted molar refractivity (Wildman–Crippen MR) is 83.8 cm³/mol. The number of guanidine groups is 1. The summed E-state index contributed by atoms with van der Waals surface area (Å²) < 4.78 is 5.09. The molecule has 1 saturated heterocycles. The summed E-state index contributed by atoms with van der Waals surface area (Å²) >= 11 is 1.95. The normalized spacial score (nSPS) is 16.2. The molecule has 3 N–H and O–H groups in total. The first kappa shape index (κ1) is 14.8. The van der Waals surface area contributed by atoms with Gasteiger partial charge in [0.2, 0.25) is 0 Å². The van der Waals surface area contributed by atoms with E-state index >= 15 is 0 Å². The van der Waals surface area contributed by atoms with Crippen molar-refractivity contribution in [2.45, 2.75) is 6.42 Å². The topological polar surface area (TPSA) is 71.1 Å². The second-order valence-electron chi connectivity index (χ2n) is 4.60. The quantitative estimate of drug-likeness (QED) is 0.647. The molecule has 2 rings (SSSR count). The first-order valence-corrected chi connectivity index (χ1v) is 7.84. The van der Waals surface area contributed by atoms with E-state index in [1.165, 1.54) is 0 Å². The van der Waals surface area contributed by atoms with Gasteiger partial charge in [-0.15, -0.1) is 0 Å². The summed E-state index contributed by atoms with van der Waals surface area (Å²) in [6.07, 6.45) is 0.778. The number of aliphatic imine (C=N–C) groups is 1. The summed E-state index contributed by atoms with van der Waals surface area (Å²) in [5.41, 5.74) is 7.07. The van der Waals surface area contributed by atoms with Gasteiger partial charge < -0.3 is 20.5 Å². The van der Waals surface area contributed by atoms with Crippen molar-refractivity contribution in [1.29, 1.82) is 0 Å². The van der Waals surface area contributed by atoms with Crippen LogP contribution in [0.2, 0.25) is 0 Å². The van der Waals surface area contributed by atoms with Gasteiger partial charge in [-0.1, -0.05) is 6.07 Å². The molecule has 1 aromatic carbocycles. The smallest absolute Gasteiger partial charge is 0.191 e. The van der Waals surface area contributed by atoms with Gasteiger partial charge in [0.25, 0.3) is 0 Å². The van der Waals surface area contributed by atoms with Crippen molar-refractivity contribution in [3.8, 4) is 11.5 Å². The zero-order valence-corrected chi connectivity index (χ0v) is 12.5. The van der Waals surface area contributed by atoms with Crippen LogP contribution in [-0.4, -0.2) is 54.2 Å². The Kier molecular flexibility index (Phi) is 5.40. The average Bonchev–Trinajstić information content (AvgIpc) is 2.49. The molecule has 1 aliphatic rings. The van der Waals surface area contributed by atoms with E-state index in [0.717, 1.165) is 36.6 Å². The minimum Gasteiger partial charge on any atom is -0.504 e. The van der Waals surface area contributed by atoms with Crippen molar-refractivity contribution in [3.05, 3.63) is 23.8 Å². The number of ether oxygens (including phenoxy) is 1. The number of nitrogens with two attached hydrogens (primary N) is 1. The zero-order chi connectivity index (χ0) is 14.4. The molecule has 0 unspecified atom stereocenters. The maximum atomic E-state index is 9.54. The standard InChI is InChI=1S/C14H21N3O2S/c1-19-13-10-11(2-3-12(13)18)4-5-16-14(15)17-6-8-20-9-7-17/h2-3,10,18H,4-9H2,1H3,(H2,15,16). The molecule has 110 valence electrons. The maximum Gasteiger partial charge on any atom is 0.191 e. The van der Waals surface area contributed by atoms with Crippen LogP contribution in [0.3, 0.4) is 0 Å². The highest BCUT2D eigenvalue weighted by Crippen LogP contribution is 2.26. The lowest BCUT2D eigenvalue weighted by Gasteiger charge is -2.27. The third-order valence-corrected chi connectivity index (χ3v) is 4.20. The fourth-order valence-corrected chi connectivity index (χ4v) is 2.97. The minimum absolute atomic E-state index is 0.157. The van der Waals surface area contributed by atoms with E-state index in [2.05, 4.69) is 9.89 Å². The number of aromatic hydroxyl groups is 1. The van der Waals surface area contributed by atoms with E-state index in [-0.39, 0.29) is 5.75 Å². The molecule has 0 radical (unpaired) electrons. The van der Waals surface area contributed by atoms with Crippen LogP contribution < -0.4 is 10.5 Å². The summed E-state index contributed by atoms with van der Waals surface area (Å²) in [7, 11) is 1.54. The Labute approximate surface area is 123 Å². The Morgan fingerprint density at radius 1 is 1.45 bits per heavy atom. The summed E-state index contributed by atoms with van der Waals surface area (Å²) in [6, 6.07) is 5.35. The lowest BCUT2D eigenvalue weighted by Crippen LogP contribution is -2.42. The number of nitrogens with zero attached hydrogens (tertiary/aromatic N) is 2. The van der Waals surface area contributed by atoms with Gasteiger partial charge in [-0.05, 0) is 24.1 Å². The van der Waals surface area contributed by atoms with Crippen LogP contribution in [0, 0.1) is 0 Å². The number of hydrogen-bond acceptors (Lipinski definition) is 4. The molecule has 0 aromatic heterocycles. The highest BCUT2D eigenvalue weighted by atomic mass is 32.2. The number of rotatable bonds is 4. The molecule has 1 aliphatic heterocycles. The van der Waals surface area contributed by atoms with E-state index in [1.54, 1.807) is 13.2 Å². The third kappa shape index (κ3) is 3.96. The second-order valence-corrected chi connectivity index (χ2v) is 5.82. The van der Waals surface area contributed by atoms with Gasteiger partial charge in [0.1, 0.15) is 0 Å². The molecule has 1 aromatic rings. The lowest BCUT2D eigenvalue weighted by molar-refractivity contribution is 0.373. The first-order chi connectivity index (χ1) is 9.70. The minimum atomic E-state index is 0.157. The van der Waals surface area contributed by atoms with E-state index in [1.807, 2.05) is 23.9 Å². The fourth-order valence-electron chi connectivity index (χ4n) is 2.07. The van der Waals surface area contributed by atoms with Crippen LogP contribution in [0.15, 0.2) is 23.2 Å². The van der Waals surface area contributed by atoms with Crippen molar-refractivity contribution in [3.63, 3.8) is 0 Å². The molecule has 1 heterocycles. The van der Waals surface area contributed by atoms with Crippen LogP contribution in [0.4, 0.5) is 0 Å². The molecule has 0 spiro atoms. The molecule has 5 nitrogen and oxygen atoms in total. The van der Waals surface area contributed by atoms with Crippen LogP contribution in [0.25, 0.3) is 0 Å². The van der Waals surface area contributed by atoms with Crippen molar-refractivity contribution in [2.24, 2.45) is 10.7 Å². The van der Waals surface area contributed by atoms with Gasteiger partial charge in [-0.3, -0.25) is 4.99 Å². The van der Waals surface area contributed by atoms with E-state index in [9.17, 15) is 5.11 Å². The van der Waals surface area contributed by atoms with Crippen LogP contribution >= 0.6 is 11.8 Å². The van der Waals surface area contributed by atoms with Gasteiger partial charge >= 0.3 is 0 Å². The third-order valence-electron chi connectivity index (χ3n) is 3.25. The highest BCUT2D eigenvalue weighted by Gasteiger charge is 2.11. The molecule has 0 bridgehead atoms. The van der Waals surface area contributed by atoms with Crippen molar-refractivity contribution in [2.75, 3.05) is 38.2 Å². The number of methoxy groups -OCH3 is 1. The second kappa shape index (κ2) is 7.28. The van der Waals surface area contributed by atoms with Crippen LogP contribution in [-0.2, 0) is 6.42 Å². The van der Waals surface area contributed by atoms with Gasteiger partial charge in [0, 0.05) is 31.1 Å². The van der Waals surface area contributed by atoms with Gasteiger partial charge in [0.05, 0.1) is 7.11 Å². The van der Waals surface area contributed by atoms with Crippen molar-refractivity contribution >= 4 is 17.7 Å². The monoisotopic (exact) mass is 295 g/mol. The molecule has 0 amide bonds. The Balaban J connectivity index is 1.88. The molecule has 0 aliphatic carbocycles. The number of phenolic OH excluding ortho intramolecular Hbond substituents is 1. The van der Waals surface area contributed by atoms with Crippen molar-refractivity contribution in [1.82, 2.24) is 4.90 Å². The average molecular weight is 295 g/mol. The van der Waals surface area contributed by atoms with Gasteiger partial charge in [0.15, 0.2) is 17.5 Å². The van der Waals surface area contributed by atoms with E-state index in [4.69, 9.17) is 10.5 Å². The number of thioether (sulfide) groups is 1. The van der Waals surface area contributed by atoms with Gasteiger partial charge in [-0.2, -0.15) is 11.8 Å². The predicted octanol–water partition coefficient (Wildman–Crippen LogP) is 1.31. The molecular weight excluding hydrogens is 274 g/mol. The molecule has 0 saturated carbocycles. The Morgan fingerprint density at radius 2 is 2.20 bits per heavy atom. The summed E-state index contributed by atoms with van der Waals surface area (Å²) in [6.45, 7) is 2.60. The van der Waals surface area contributed by atoms with Crippen molar-refractivity contribution < 1.29 is 9.84 Å². The molecule has 1 fully saturated rings. The Morgan fingerprint density at radius 3 is 2.90 bits per heavy atom.